The molecule has 1 aliphatic rings. The maximum atomic E-state index is 10.6. The van der Waals surface area contributed by atoms with Gasteiger partial charge in [0.15, 0.2) is 5.65 Å². The first kappa shape index (κ1) is 16.5. The predicted molar refractivity (Wildman–Crippen MR) is 81.4 cm³/mol. The first-order chi connectivity index (χ1) is 11.0. The smallest absolute Gasteiger partial charge is 0.214 e. The Bertz CT molecular complexity index is 709. The molecule has 126 valence electrons. The van der Waals surface area contributed by atoms with Crippen LogP contribution in [0, 0.1) is 6.92 Å². The van der Waals surface area contributed by atoms with Crippen molar-refractivity contribution in [3.63, 3.8) is 0 Å². The second-order valence-electron chi connectivity index (χ2n) is 5.53. The summed E-state index contributed by atoms with van der Waals surface area (Å²) in [6.07, 6.45) is 2.05. The second kappa shape index (κ2) is 7.02. The number of hydrogen-bond acceptors (Lipinski definition) is 7. The van der Waals surface area contributed by atoms with Crippen molar-refractivity contribution in [1.82, 2.24) is 19.7 Å². The van der Waals surface area contributed by atoms with E-state index in [1.165, 1.54) is 6.33 Å². The highest BCUT2D eigenvalue weighted by atomic mass is 31.1. The first-order valence-corrected chi connectivity index (χ1v) is 8.87. The molecule has 9 nitrogen and oxygen atoms in total. The van der Waals surface area contributed by atoms with Gasteiger partial charge >= 0.3 is 0 Å². The van der Waals surface area contributed by atoms with E-state index < -0.39 is 20.2 Å². The quantitative estimate of drug-likeness (QED) is 0.709. The van der Waals surface area contributed by atoms with Crippen LogP contribution in [-0.4, -0.2) is 61.0 Å². The number of aromatic nitrogens is 4. The molecule has 3 heterocycles. The zero-order valence-corrected chi connectivity index (χ0v) is 13.6. The fraction of sp³-hybridized carbons (Fsp3) is 0.615. The number of fused-ring (bicyclic) bond motifs is 1. The van der Waals surface area contributed by atoms with Crippen molar-refractivity contribution in [1.29, 1.82) is 0 Å². The lowest BCUT2D eigenvalue weighted by atomic mass is 10.1. The molecule has 10 heteroatoms. The number of aliphatic hydroxyl groups is 1. The molecule has 1 aliphatic heterocycles. The van der Waals surface area contributed by atoms with Crippen LogP contribution < -0.4 is 0 Å². The number of aliphatic hydroxyl groups excluding tert-OH is 1. The van der Waals surface area contributed by atoms with E-state index in [1.807, 2.05) is 6.92 Å². The number of hydrogen-bond donors (Lipinski definition) is 2. The van der Waals surface area contributed by atoms with Gasteiger partial charge in [-0.3, -0.25) is 4.57 Å². The molecule has 4 atom stereocenters. The Hall–Kier alpha value is -1.38. The minimum Gasteiger partial charge on any atom is -0.390 e. The topological polar surface area (TPSA) is 120 Å². The van der Waals surface area contributed by atoms with Gasteiger partial charge in [-0.25, -0.2) is 14.6 Å². The highest BCUT2D eigenvalue weighted by molar-refractivity contribution is 7.37. The fourth-order valence-corrected chi connectivity index (χ4v) is 2.97. The molecule has 0 radical (unpaired) electrons. The standard InChI is InChI=1S/C13H19N4O5P/c1-8-10-3-16-17(13(10)15-6-14-8)4-12-11(18)2-9(22-12)5-21-7-23(19)20/h3,6,9,11-12,18,23H,2,4-5,7H2,1H3,(H,19,20)/t9?,11-,12-/m1/s1. The van der Waals surface area contributed by atoms with Crippen LogP contribution in [0.25, 0.3) is 11.0 Å². The molecule has 0 spiro atoms. The van der Waals surface area contributed by atoms with Gasteiger partial charge in [0.25, 0.3) is 0 Å². The van der Waals surface area contributed by atoms with Crippen molar-refractivity contribution in [2.75, 3.05) is 13.0 Å². The van der Waals surface area contributed by atoms with Gasteiger partial charge < -0.3 is 19.5 Å². The van der Waals surface area contributed by atoms with Crippen LogP contribution in [0.2, 0.25) is 0 Å². The lowest BCUT2D eigenvalue weighted by molar-refractivity contribution is -0.0288. The maximum absolute atomic E-state index is 10.6. The van der Waals surface area contributed by atoms with Crippen molar-refractivity contribution in [2.24, 2.45) is 0 Å². The van der Waals surface area contributed by atoms with Gasteiger partial charge in [0, 0.05) is 6.42 Å². The molecule has 2 N–H and O–H groups in total. The van der Waals surface area contributed by atoms with E-state index in [4.69, 9.17) is 14.4 Å². The van der Waals surface area contributed by atoms with Crippen LogP contribution in [0.4, 0.5) is 0 Å². The number of aryl methyl sites for hydroxylation is 1. The highest BCUT2D eigenvalue weighted by Crippen LogP contribution is 2.24. The third-order valence-corrected chi connectivity index (χ3v) is 4.27. The number of nitrogens with zero attached hydrogens (tertiary/aromatic N) is 4. The minimum absolute atomic E-state index is 0.186. The Morgan fingerprint density at radius 3 is 3.13 bits per heavy atom. The first-order valence-electron chi connectivity index (χ1n) is 7.30. The maximum Gasteiger partial charge on any atom is 0.214 e. The average molecular weight is 342 g/mol. The minimum atomic E-state index is -2.64. The van der Waals surface area contributed by atoms with Crippen molar-refractivity contribution in [3.8, 4) is 0 Å². The highest BCUT2D eigenvalue weighted by Gasteiger charge is 2.34. The summed E-state index contributed by atoms with van der Waals surface area (Å²) in [4.78, 5) is 17.1. The SMILES string of the molecule is Cc1ncnc2c1cnn2C[C@H]1OC(COC[PH](=O)O)C[C@H]1O. The van der Waals surface area contributed by atoms with Crippen LogP contribution in [0.15, 0.2) is 12.5 Å². The van der Waals surface area contributed by atoms with Crippen molar-refractivity contribution in [2.45, 2.75) is 38.2 Å². The van der Waals surface area contributed by atoms with Gasteiger partial charge in [0.05, 0.1) is 42.6 Å². The van der Waals surface area contributed by atoms with E-state index in [2.05, 4.69) is 15.1 Å². The van der Waals surface area contributed by atoms with E-state index >= 15 is 0 Å². The molecule has 1 saturated heterocycles. The summed E-state index contributed by atoms with van der Waals surface area (Å²) in [5.41, 5.74) is 1.55. The van der Waals surface area contributed by atoms with Crippen molar-refractivity contribution >= 4 is 19.1 Å². The molecule has 0 bridgehead atoms. The van der Waals surface area contributed by atoms with Gasteiger partial charge in [-0.2, -0.15) is 5.10 Å². The normalized spacial score (nSPS) is 26.0. The summed E-state index contributed by atoms with van der Waals surface area (Å²) in [6.45, 7) is 2.44. The zero-order valence-electron chi connectivity index (χ0n) is 12.6. The Morgan fingerprint density at radius 2 is 2.35 bits per heavy atom. The Morgan fingerprint density at radius 1 is 1.52 bits per heavy atom. The third-order valence-electron chi connectivity index (χ3n) is 3.82. The molecule has 3 rings (SSSR count). The average Bonchev–Trinajstić information content (AvgIpc) is 3.05. The van der Waals surface area contributed by atoms with Crippen molar-refractivity contribution in [3.05, 3.63) is 18.2 Å². The van der Waals surface area contributed by atoms with Gasteiger partial charge in [-0.1, -0.05) is 0 Å². The Balaban J connectivity index is 1.63. The lowest BCUT2D eigenvalue weighted by Gasteiger charge is -2.15. The summed E-state index contributed by atoms with van der Waals surface area (Å²) < 4.78 is 23.2. The summed E-state index contributed by atoms with van der Waals surface area (Å²) in [6, 6.07) is 0. The predicted octanol–water partition coefficient (Wildman–Crippen LogP) is 0.0942. The molecule has 1 fully saturated rings. The van der Waals surface area contributed by atoms with Gasteiger partial charge in [-0.15, -0.1) is 0 Å². The molecule has 2 aromatic rings. The molecular formula is C13H19N4O5P. The summed E-state index contributed by atoms with van der Waals surface area (Å²) in [5.74, 6) is 0. The number of rotatable bonds is 6. The zero-order chi connectivity index (χ0) is 16.4. The summed E-state index contributed by atoms with van der Waals surface area (Å²) in [5, 5.41) is 15.3. The lowest BCUT2D eigenvalue weighted by Crippen LogP contribution is -2.27. The van der Waals surface area contributed by atoms with Crippen molar-refractivity contribution < 1.29 is 24.0 Å². The second-order valence-corrected chi connectivity index (χ2v) is 6.61. The van der Waals surface area contributed by atoms with Crippen LogP contribution in [0.5, 0.6) is 0 Å². The molecule has 0 aromatic carbocycles. The van der Waals surface area contributed by atoms with Gasteiger partial charge in [0.1, 0.15) is 18.8 Å². The van der Waals surface area contributed by atoms with Gasteiger partial charge in [-0.05, 0) is 6.92 Å². The Labute approximate surface area is 133 Å². The van der Waals surface area contributed by atoms with E-state index in [0.29, 0.717) is 18.6 Å². The molecule has 0 amide bonds. The summed E-state index contributed by atoms with van der Waals surface area (Å²) in [7, 11) is -2.64. The van der Waals surface area contributed by atoms with Gasteiger partial charge in [0.2, 0.25) is 8.03 Å². The Kier molecular flexibility index (Phi) is 5.03. The fourth-order valence-electron chi connectivity index (χ4n) is 2.68. The van der Waals surface area contributed by atoms with E-state index in [9.17, 15) is 9.67 Å². The molecular weight excluding hydrogens is 323 g/mol. The van der Waals surface area contributed by atoms with Crippen LogP contribution >= 0.6 is 8.03 Å². The largest absolute Gasteiger partial charge is 0.390 e. The van der Waals surface area contributed by atoms with Crippen LogP contribution in [-0.2, 0) is 20.6 Å². The van der Waals surface area contributed by atoms with Crippen LogP contribution in [0.3, 0.4) is 0 Å². The summed E-state index contributed by atoms with van der Waals surface area (Å²) >= 11 is 0. The molecule has 23 heavy (non-hydrogen) atoms. The molecule has 2 aromatic heterocycles. The number of ether oxygens (including phenoxy) is 2. The third kappa shape index (κ3) is 3.76. The van der Waals surface area contributed by atoms with E-state index in [0.717, 1.165) is 11.1 Å². The molecule has 0 aliphatic carbocycles. The van der Waals surface area contributed by atoms with E-state index in [-0.39, 0.29) is 19.1 Å². The molecule has 2 unspecified atom stereocenters. The van der Waals surface area contributed by atoms with E-state index in [1.54, 1.807) is 10.9 Å². The molecule has 0 saturated carbocycles. The monoisotopic (exact) mass is 342 g/mol. The van der Waals surface area contributed by atoms with Crippen LogP contribution in [0.1, 0.15) is 12.1 Å².